The summed E-state index contributed by atoms with van der Waals surface area (Å²) in [5.74, 6) is 2.49. The second-order valence-corrected chi connectivity index (χ2v) is 6.71. The molecular formula is C16H29NO. The van der Waals surface area contributed by atoms with Crippen LogP contribution in [0.15, 0.2) is 0 Å². The van der Waals surface area contributed by atoms with Gasteiger partial charge in [-0.3, -0.25) is 4.79 Å². The maximum absolute atomic E-state index is 12.9. The summed E-state index contributed by atoms with van der Waals surface area (Å²) in [7, 11) is 0. The zero-order valence-corrected chi connectivity index (χ0v) is 12.3. The van der Waals surface area contributed by atoms with Crippen molar-refractivity contribution in [1.82, 2.24) is 5.32 Å². The highest BCUT2D eigenvalue weighted by molar-refractivity contribution is 5.87. The van der Waals surface area contributed by atoms with Crippen molar-refractivity contribution in [1.29, 1.82) is 0 Å². The molecule has 2 aliphatic rings. The number of nitrogens with one attached hydrogen (secondary N) is 1. The van der Waals surface area contributed by atoms with Gasteiger partial charge in [0.2, 0.25) is 0 Å². The molecule has 2 rings (SSSR count). The highest BCUT2D eigenvalue weighted by Gasteiger charge is 2.42. The molecule has 0 spiro atoms. The van der Waals surface area contributed by atoms with Crippen LogP contribution in [-0.2, 0) is 4.79 Å². The number of ketones is 1. The summed E-state index contributed by atoms with van der Waals surface area (Å²) in [6.07, 6.45) is 6.67. The smallest absolute Gasteiger partial charge is 0.142 e. The van der Waals surface area contributed by atoms with Crippen LogP contribution in [0.25, 0.3) is 0 Å². The SMILES string of the molecule is CCC1(C(=O)C2CCC(C)C(C)C2)CCNCC1. The maximum Gasteiger partial charge on any atom is 0.142 e. The first kappa shape index (κ1) is 14.0. The van der Waals surface area contributed by atoms with Crippen molar-refractivity contribution in [2.75, 3.05) is 13.1 Å². The van der Waals surface area contributed by atoms with Crippen LogP contribution in [0, 0.1) is 23.2 Å². The van der Waals surface area contributed by atoms with Gasteiger partial charge in [0.15, 0.2) is 0 Å². The molecule has 2 fully saturated rings. The van der Waals surface area contributed by atoms with Crippen LogP contribution >= 0.6 is 0 Å². The minimum absolute atomic E-state index is 0.0101. The van der Waals surface area contributed by atoms with Crippen molar-refractivity contribution in [3.8, 4) is 0 Å². The van der Waals surface area contributed by atoms with Gasteiger partial charge in [-0.05, 0) is 63.5 Å². The van der Waals surface area contributed by atoms with Crippen LogP contribution in [0.2, 0.25) is 0 Å². The molecule has 2 heteroatoms. The average molecular weight is 251 g/mol. The number of hydrogen-bond acceptors (Lipinski definition) is 2. The van der Waals surface area contributed by atoms with E-state index < -0.39 is 0 Å². The summed E-state index contributed by atoms with van der Waals surface area (Å²) < 4.78 is 0. The van der Waals surface area contributed by atoms with E-state index in [1.165, 1.54) is 6.42 Å². The summed E-state index contributed by atoms with van der Waals surface area (Å²) in [5.41, 5.74) is 0.0101. The van der Waals surface area contributed by atoms with Crippen LogP contribution in [0.5, 0.6) is 0 Å². The summed E-state index contributed by atoms with van der Waals surface area (Å²) in [4.78, 5) is 12.9. The molecule has 1 heterocycles. The molecule has 0 radical (unpaired) electrons. The van der Waals surface area contributed by atoms with E-state index >= 15 is 0 Å². The van der Waals surface area contributed by atoms with Crippen LogP contribution < -0.4 is 5.32 Å². The topological polar surface area (TPSA) is 29.1 Å². The lowest BCUT2D eigenvalue weighted by Crippen LogP contribution is -2.45. The van der Waals surface area contributed by atoms with E-state index in [2.05, 4.69) is 26.1 Å². The number of carbonyl (C=O) groups excluding carboxylic acids is 1. The van der Waals surface area contributed by atoms with E-state index in [0.29, 0.717) is 11.7 Å². The fourth-order valence-corrected chi connectivity index (χ4v) is 3.90. The van der Waals surface area contributed by atoms with Crippen molar-refractivity contribution < 1.29 is 4.79 Å². The monoisotopic (exact) mass is 251 g/mol. The number of carbonyl (C=O) groups is 1. The average Bonchev–Trinajstić information content (AvgIpc) is 2.42. The van der Waals surface area contributed by atoms with Crippen LogP contribution in [-0.4, -0.2) is 18.9 Å². The number of hydrogen-bond donors (Lipinski definition) is 1. The molecule has 0 aromatic carbocycles. The normalized spacial score (nSPS) is 36.3. The molecule has 0 amide bonds. The van der Waals surface area contributed by atoms with Crippen molar-refractivity contribution in [3.05, 3.63) is 0 Å². The van der Waals surface area contributed by atoms with Gasteiger partial charge in [0, 0.05) is 11.3 Å². The molecule has 1 saturated heterocycles. The molecule has 1 aliphatic carbocycles. The Balaban J connectivity index is 2.05. The minimum Gasteiger partial charge on any atom is -0.317 e. The van der Waals surface area contributed by atoms with Gasteiger partial charge in [0.25, 0.3) is 0 Å². The third-order valence-electron chi connectivity index (χ3n) is 5.73. The first-order chi connectivity index (χ1) is 8.59. The minimum atomic E-state index is 0.0101. The van der Waals surface area contributed by atoms with Crippen molar-refractivity contribution in [2.24, 2.45) is 23.2 Å². The molecule has 104 valence electrons. The standard InChI is InChI=1S/C16H29NO/c1-4-16(7-9-17-10-8-16)15(18)14-6-5-12(2)13(3)11-14/h12-14,17H,4-11H2,1-3H3. The summed E-state index contributed by atoms with van der Waals surface area (Å²) in [5, 5.41) is 3.40. The molecule has 0 bridgehead atoms. The second-order valence-electron chi connectivity index (χ2n) is 6.71. The van der Waals surface area contributed by atoms with Gasteiger partial charge in [-0.1, -0.05) is 20.8 Å². The molecular weight excluding hydrogens is 222 g/mol. The molecule has 1 N–H and O–H groups in total. The van der Waals surface area contributed by atoms with Crippen LogP contribution in [0.3, 0.4) is 0 Å². The van der Waals surface area contributed by atoms with E-state index in [-0.39, 0.29) is 5.41 Å². The molecule has 3 unspecified atom stereocenters. The van der Waals surface area contributed by atoms with Gasteiger partial charge < -0.3 is 5.32 Å². The Morgan fingerprint density at radius 2 is 1.83 bits per heavy atom. The van der Waals surface area contributed by atoms with Crippen molar-refractivity contribution >= 4 is 5.78 Å². The van der Waals surface area contributed by atoms with Crippen molar-refractivity contribution in [2.45, 2.75) is 59.3 Å². The summed E-state index contributed by atoms with van der Waals surface area (Å²) in [6.45, 7) is 8.92. The van der Waals surface area contributed by atoms with E-state index in [4.69, 9.17) is 0 Å². The number of rotatable bonds is 3. The van der Waals surface area contributed by atoms with Gasteiger partial charge in [0.05, 0.1) is 0 Å². The quantitative estimate of drug-likeness (QED) is 0.833. The van der Waals surface area contributed by atoms with E-state index in [1.807, 2.05) is 0 Å². The molecule has 1 saturated carbocycles. The van der Waals surface area contributed by atoms with Gasteiger partial charge in [0.1, 0.15) is 5.78 Å². The predicted octanol–water partition coefficient (Wildman–Crippen LogP) is 3.41. The third kappa shape index (κ3) is 2.64. The fourth-order valence-electron chi connectivity index (χ4n) is 3.90. The highest BCUT2D eigenvalue weighted by Crippen LogP contribution is 2.42. The summed E-state index contributed by atoms with van der Waals surface area (Å²) in [6, 6.07) is 0. The first-order valence-electron chi connectivity index (χ1n) is 7.84. The number of Topliss-reactive ketones (excluding diaryl/α,β-unsaturated/α-hetero) is 1. The van der Waals surface area contributed by atoms with Crippen LogP contribution in [0.4, 0.5) is 0 Å². The van der Waals surface area contributed by atoms with Gasteiger partial charge in [-0.2, -0.15) is 0 Å². The Labute approximate surface area is 112 Å². The Kier molecular flexibility index (Phi) is 4.47. The van der Waals surface area contributed by atoms with Gasteiger partial charge >= 0.3 is 0 Å². The Bertz CT molecular complexity index is 293. The Morgan fingerprint density at radius 3 is 2.39 bits per heavy atom. The molecule has 1 aliphatic heterocycles. The zero-order chi connectivity index (χ0) is 13.2. The number of piperidine rings is 1. The summed E-state index contributed by atoms with van der Waals surface area (Å²) >= 11 is 0. The maximum atomic E-state index is 12.9. The van der Waals surface area contributed by atoms with Crippen molar-refractivity contribution in [3.63, 3.8) is 0 Å². The van der Waals surface area contributed by atoms with Gasteiger partial charge in [-0.15, -0.1) is 0 Å². The first-order valence-corrected chi connectivity index (χ1v) is 7.84. The molecule has 0 aromatic heterocycles. The molecule has 3 atom stereocenters. The Morgan fingerprint density at radius 1 is 1.17 bits per heavy atom. The van der Waals surface area contributed by atoms with E-state index in [9.17, 15) is 4.79 Å². The largest absolute Gasteiger partial charge is 0.317 e. The molecule has 0 aromatic rings. The molecule has 2 nitrogen and oxygen atoms in total. The lowest BCUT2D eigenvalue weighted by atomic mass is 9.64. The fraction of sp³-hybridized carbons (Fsp3) is 0.938. The Hall–Kier alpha value is -0.370. The van der Waals surface area contributed by atoms with E-state index in [1.54, 1.807) is 0 Å². The second kappa shape index (κ2) is 5.73. The van der Waals surface area contributed by atoms with Crippen LogP contribution in [0.1, 0.15) is 59.3 Å². The third-order valence-corrected chi connectivity index (χ3v) is 5.73. The zero-order valence-electron chi connectivity index (χ0n) is 12.3. The lowest BCUT2D eigenvalue weighted by Gasteiger charge is -2.41. The lowest BCUT2D eigenvalue weighted by molar-refractivity contribution is -0.136. The molecule has 18 heavy (non-hydrogen) atoms. The van der Waals surface area contributed by atoms with Gasteiger partial charge in [-0.25, -0.2) is 0 Å². The highest BCUT2D eigenvalue weighted by atomic mass is 16.1. The predicted molar refractivity (Wildman–Crippen MR) is 75.5 cm³/mol. The van der Waals surface area contributed by atoms with E-state index in [0.717, 1.165) is 57.0 Å².